The average Bonchev–Trinajstić information content (AvgIpc) is 2.80. The minimum atomic E-state index is -0.555. The molecule has 1 aliphatic carbocycles. The summed E-state index contributed by atoms with van der Waals surface area (Å²) in [5.41, 5.74) is 5.93. The minimum absolute atomic E-state index is 0.00926. The van der Waals surface area contributed by atoms with E-state index in [9.17, 15) is 9.59 Å². The summed E-state index contributed by atoms with van der Waals surface area (Å²) in [6.45, 7) is 6.66. The molecule has 0 spiro atoms. The summed E-state index contributed by atoms with van der Waals surface area (Å²) in [5.74, 6) is -0.338. The van der Waals surface area contributed by atoms with Gasteiger partial charge in [-0.3, -0.25) is 9.59 Å². The molecule has 1 rings (SSSR count). The fraction of sp³-hybridized carbons (Fsp3) is 0.857. The molecule has 1 saturated carbocycles. The largest absolute Gasteiger partial charge is 0.354 e. The number of carbonyl (C=O) groups is 2. The molecule has 0 aromatic rings. The van der Waals surface area contributed by atoms with Crippen LogP contribution in [0.3, 0.4) is 0 Å². The summed E-state index contributed by atoms with van der Waals surface area (Å²) >= 11 is 0. The van der Waals surface area contributed by atoms with E-state index in [1.165, 1.54) is 12.8 Å². The lowest BCUT2D eigenvalue weighted by Gasteiger charge is -2.23. The molecule has 5 heteroatoms. The molecule has 110 valence electrons. The highest BCUT2D eigenvalue weighted by atomic mass is 16.2. The Morgan fingerprint density at radius 3 is 2.32 bits per heavy atom. The van der Waals surface area contributed by atoms with Gasteiger partial charge in [-0.1, -0.05) is 33.6 Å². The molecule has 0 radical (unpaired) electrons. The Morgan fingerprint density at radius 2 is 1.79 bits per heavy atom. The maximum atomic E-state index is 11.7. The van der Waals surface area contributed by atoms with Crippen LogP contribution in [-0.2, 0) is 9.59 Å². The third-order valence-corrected chi connectivity index (χ3v) is 3.97. The van der Waals surface area contributed by atoms with Gasteiger partial charge in [0.1, 0.15) is 0 Å². The average molecular weight is 269 g/mol. The molecular weight excluding hydrogens is 242 g/mol. The van der Waals surface area contributed by atoms with Crippen molar-refractivity contribution in [1.29, 1.82) is 0 Å². The quantitative estimate of drug-likeness (QED) is 0.666. The number of carbonyl (C=O) groups excluding carboxylic acids is 2. The standard InChI is InChI=1S/C14H27N3O2/c1-10(2)12(15)13(19)16-8-11(18)17-9-14(3)6-4-5-7-14/h10,12H,4-9,15H2,1-3H3,(H,16,19)(H,17,18)/t12-/m0/s1. The van der Waals surface area contributed by atoms with Crippen LogP contribution >= 0.6 is 0 Å². The van der Waals surface area contributed by atoms with E-state index in [4.69, 9.17) is 5.73 Å². The van der Waals surface area contributed by atoms with Crippen molar-refractivity contribution in [3.8, 4) is 0 Å². The molecule has 0 unspecified atom stereocenters. The first kappa shape index (κ1) is 16.0. The highest BCUT2D eigenvalue weighted by Crippen LogP contribution is 2.36. The van der Waals surface area contributed by atoms with Gasteiger partial charge < -0.3 is 16.4 Å². The second-order valence-electron chi connectivity index (χ2n) is 6.28. The second-order valence-corrected chi connectivity index (χ2v) is 6.28. The van der Waals surface area contributed by atoms with Crippen LogP contribution in [0.1, 0.15) is 46.5 Å². The molecule has 19 heavy (non-hydrogen) atoms. The molecule has 2 amide bonds. The van der Waals surface area contributed by atoms with Crippen LogP contribution in [0.25, 0.3) is 0 Å². The number of amides is 2. The monoisotopic (exact) mass is 269 g/mol. The van der Waals surface area contributed by atoms with E-state index in [0.29, 0.717) is 6.54 Å². The summed E-state index contributed by atoms with van der Waals surface area (Å²) in [6.07, 6.45) is 4.81. The van der Waals surface area contributed by atoms with Crippen LogP contribution in [0, 0.1) is 11.3 Å². The van der Waals surface area contributed by atoms with Gasteiger partial charge in [-0.05, 0) is 24.2 Å². The van der Waals surface area contributed by atoms with Crippen molar-refractivity contribution in [3.63, 3.8) is 0 Å². The van der Waals surface area contributed by atoms with Gasteiger partial charge in [0.05, 0.1) is 12.6 Å². The lowest BCUT2D eigenvalue weighted by Crippen LogP contribution is -2.48. The van der Waals surface area contributed by atoms with E-state index in [0.717, 1.165) is 12.8 Å². The summed E-state index contributed by atoms with van der Waals surface area (Å²) in [5, 5.41) is 5.47. The number of nitrogens with one attached hydrogen (secondary N) is 2. The lowest BCUT2D eigenvalue weighted by atomic mass is 9.89. The maximum absolute atomic E-state index is 11.7. The summed E-state index contributed by atoms with van der Waals surface area (Å²) < 4.78 is 0. The Balaban J connectivity index is 2.23. The van der Waals surface area contributed by atoms with E-state index < -0.39 is 6.04 Å². The first-order valence-electron chi connectivity index (χ1n) is 7.14. The van der Waals surface area contributed by atoms with Crippen LogP contribution in [0.2, 0.25) is 0 Å². The molecule has 0 heterocycles. The first-order valence-corrected chi connectivity index (χ1v) is 7.14. The molecule has 0 aromatic heterocycles. The molecule has 1 aliphatic rings. The summed E-state index contributed by atoms with van der Waals surface area (Å²) in [4.78, 5) is 23.3. The molecule has 5 nitrogen and oxygen atoms in total. The minimum Gasteiger partial charge on any atom is -0.354 e. The van der Waals surface area contributed by atoms with Gasteiger partial charge in [-0.15, -0.1) is 0 Å². The van der Waals surface area contributed by atoms with Crippen molar-refractivity contribution in [1.82, 2.24) is 10.6 Å². The fourth-order valence-electron chi connectivity index (χ4n) is 2.37. The Morgan fingerprint density at radius 1 is 1.21 bits per heavy atom. The van der Waals surface area contributed by atoms with Crippen LogP contribution in [0.4, 0.5) is 0 Å². The van der Waals surface area contributed by atoms with Crippen molar-refractivity contribution < 1.29 is 9.59 Å². The third kappa shape index (κ3) is 5.19. The predicted octanol–water partition coefficient (Wildman–Crippen LogP) is 0.782. The Bertz CT molecular complexity index is 323. The van der Waals surface area contributed by atoms with Crippen LogP contribution in [0.15, 0.2) is 0 Å². The Labute approximate surface area is 115 Å². The fourth-order valence-corrected chi connectivity index (χ4v) is 2.37. The number of hydrogen-bond acceptors (Lipinski definition) is 3. The zero-order valence-electron chi connectivity index (χ0n) is 12.3. The second kappa shape index (κ2) is 6.89. The van der Waals surface area contributed by atoms with Gasteiger partial charge in [-0.25, -0.2) is 0 Å². The maximum Gasteiger partial charge on any atom is 0.239 e. The molecule has 0 saturated heterocycles. The van der Waals surface area contributed by atoms with Crippen molar-refractivity contribution in [3.05, 3.63) is 0 Å². The van der Waals surface area contributed by atoms with E-state index in [2.05, 4.69) is 17.6 Å². The smallest absolute Gasteiger partial charge is 0.239 e. The van der Waals surface area contributed by atoms with Crippen molar-refractivity contribution >= 4 is 11.8 Å². The van der Waals surface area contributed by atoms with E-state index in [1.807, 2.05) is 13.8 Å². The van der Waals surface area contributed by atoms with E-state index in [1.54, 1.807) is 0 Å². The summed E-state index contributed by atoms with van der Waals surface area (Å²) in [7, 11) is 0. The van der Waals surface area contributed by atoms with Crippen molar-refractivity contribution in [2.45, 2.75) is 52.5 Å². The zero-order chi connectivity index (χ0) is 14.5. The highest BCUT2D eigenvalue weighted by Gasteiger charge is 2.28. The molecule has 4 N–H and O–H groups in total. The zero-order valence-corrected chi connectivity index (χ0v) is 12.3. The predicted molar refractivity (Wildman–Crippen MR) is 75.4 cm³/mol. The van der Waals surface area contributed by atoms with Gasteiger partial charge in [0.25, 0.3) is 0 Å². The van der Waals surface area contributed by atoms with Crippen LogP contribution in [0.5, 0.6) is 0 Å². The molecule has 0 bridgehead atoms. The van der Waals surface area contributed by atoms with Gasteiger partial charge >= 0.3 is 0 Å². The Hall–Kier alpha value is -1.10. The van der Waals surface area contributed by atoms with Crippen LogP contribution < -0.4 is 16.4 Å². The third-order valence-electron chi connectivity index (χ3n) is 3.97. The normalized spacial score (nSPS) is 19.2. The van der Waals surface area contributed by atoms with E-state index in [-0.39, 0.29) is 29.7 Å². The van der Waals surface area contributed by atoms with Gasteiger partial charge in [-0.2, -0.15) is 0 Å². The Kier molecular flexibility index (Phi) is 5.79. The number of nitrogens with two attached hydrogens (primary N) is 1. The summed E-state index contributed by atoms with van der Waals surface area (Å²) in [6, 6.07) is -0.555. The topological polar surface area (TPSA) is 84.2 Å². The SMILES string of the molecule is CC(C)[C@H](N)C(=O)NCC(=O)NCC1(C)CCCC1. The molecular formula is C14H27N3O2. The van der Waals surface area contributed by atoms with Gasteiger partial charge in [0.2, 0.25) is 11.8 Å². The van der Waals surface area contributed by atoms with Gasteiger partial charge in [0.15, 0.2) is 0 Å². The van der Waals surface area contributed by atoms with Crippen molar-refractivity contribution in [2.75, 3.05) is 13.1 Å². The molecule has 0 aromatic carbocycles. The number of hydrogen-bond donors (Lipinski definition) is 3. The molecule has 1 atom stereocenters. The van der Waals surface area contributed by atoms with Gasteiger partial charge in [0, 0.05) is 6.54 Å². The van der Waals surface area contributed by atoms with Crippen molar-refractivity contribution in [2.24, 2.45) is 17.1 Å². The molecule has 1 fully saturated rings. The van der Waals surface area contributed by atoms with Crippen LogP contribution in [-0.4, -0.2) is 30.9 Å². The first-order chi connectivity index (χ1) is 8.84. The molecule has 0 aliphatic heterocycles. The highest BCUT2D eigenvalue weighted by molar-refractivity contribution is 5.87. The lowest BCUT2D eigenvalue weighted by molar-refractivity contribution is -0.127. The number of rotatable bonds is 6. The van der Waals surface area contributed by atoms with E-state index >= 15 is 0 Å².